The predicted molar refractivity (Wildman–Crippen MR) is 68.1 cm³/mol. The fraction of sp³-hybridized carbons (Fsp3) is 0.500. The molecule has 0 radical (unpaired) electrons. The molecule has 4 nitrogen and oxygen atoms in total. The van der Waals surface area contributed by atoms with Crippen molar-refractivity contribution in [1.82, 2.24) is 5.32 Å². The molecule has 0 saturated heterocycles. The lowest BCUT2D eigenvalue weighted by molar-refractivity contribution is -0.160. The first-order valence-corrected chi connectivity index (χ1v) is 6.10. The van der Waals surface area contributed by atoms with Crippen molar-refractivity contribution in [2.45, 2.75) is 31.0 Å². The van der Waals surface area contributed by atoms with Crippen LogP contribution in [0.1, 0.15) is 18.4 Å². The topological polar surface area (TPSA) is 47.6 Å². The van der Waals surface area contributed by atoms with Crippen LogP contribution in [-0.4, -0.2) is 31.8 Å². The minimum absolute atomic E-state index is 0.146. The lowest BCUT2D eigenvalue weighted by Crippen LogP contribution is -2.63. The Kier molecular flexibility index (Phi) is 3.99. The first kappa shape index (κ1) is 13.1. The fourth-order valence-electron chi connectivity index (χ4n) is 2.33. The molecule has 0 spiro atoms. The summed E-state index contributed by atoms with van der Waals surface area (Å²) in [6, 6.07) is 10.0. The molecule has 0 aliphatic heterocycles. The van der Waals surface area contributed by atoms with E-state index in [1.807, 2.05) is 30.3 Å². The van der Waals surface area contributed by atoms with Crippen molar-refractivity contribution in [1.29, 1.82) is 0 Å². The molecule has 18 heavy (non-hydrogen) atoms. The highest BCUT2D eigenvalue weighted by Crippen LogP contribution is 2.35. The van der Waals surface area contributed by atoms with Crippen LogP contribution in [0.5, 0.6) is 0 Å². The van der Waals surface area contributed by atoms with Crippen molar-refractivity contribution >= 4 is 5.97 Å². The summed E-state index contributed by atoms with van der Waals surface area (Å²) in [6.45, 7) is 0.659. The molecule has 0 heterocycles. The number of rotatable bonds is 5. The first-order chi connectivity index (χ1) is 8.70. The minimum Gasteiger partial charge on any atom is -0.468 e. The maximum absolute atomic E-state index is 11.9. The van der Waals surface area contributed by atoms with E-state index in [1.54, 1.807) is 7.11 Å². The Bertz CT molecular complexity index is 399. The summed E-state index contributed by atoms with van der Waals surface area (Å²) in [4.78, 5) is 11.9. The monoisotopic (exact) mass is 249 g/mol. The molecule has 0 aromatic heterocycles. The van der Waals surface area contributed by atoms with Crippen molar-refractivity contribution in [3.8, 4) is 0 Å². The fourth-order valence-corrected chi connectivity index (χ4v) is 2.33. The van der Waals surface area contributed by atoms with Gasteiger partial charge in [0.1, 0.15) is 5.54 Å². The van der Waals surface area contributed by atoms with Gasteiger partial charge in [0.25, 0.3) is 0 Å². The van der Waals surface area contributed by atoms with Gasteiger partial charge in [-0.05, 0) is 5.56 Å². The van der Waals surface area contributed by atoms with Gasteiger partial charge in [0.2, 0.25) is 0 Å². The highest BCUT2D eigenvalue weighted by Gasteiger charge is 2.51. The number of benzene rings is 1. The van der Waals surface area contributed by atoms with Crippen LogP contribution in [0.2, 0.25) is 0 Å². The molecule has 0 unspecified atom stereocenters. The molecule has 1 saturated carbocycles. The Morgan fingerprint density at radius 1 is 1.33 bits per heavy atom. The lowest BCUT2D eigenvalue weighted by Gasteiger charge is -2.44. The normalized spacial score (nSPS) is 26.4. The number of nitrogens with one attached hydrogen (secondary N) is 1. The first-order valence-electron chi connectivity index (χ1n) is 6.10. The van der Waals surface area contributed by atoms with Crippen molar-refractivity contribution in [2.75, 3.05) is 14.2 Å². The van der Waals surface area contributed by atoms with E-state index in [4.69, 9.17) is 9.47 Å². The van der Waals surface area contributed by atoms with E-state index >= 15 is 0 Å². The third kappa shape index (κ3) is 2.54. The summed E-state index contributed by atoms with van der Waals surface area (Å²) < 4.78 is 10.1. The highest BCUT2D eigenvalue weighted by atomic mass is 16.5. The van der Waals surface area contributed by atoms with E-state index < -0.39 is 5.54 Å². The summed E-state index contributed by atoms with van der Waals surface area (Å²) in [5, 5.41) is 3.31. The molecule has 1 aliphatic carbocycles. The van der Waals surface area contributed by atoms with Crippen LogP contribution in [-0.2, 0) is 20.8 Å². The zero-order chi connectivity index (χ0) is 13.0. The Morgan fingerprint density at radius 3 is 2.56 bits per heavy atom. The number of esters is 1. The second-order valence-electron chi connectivity index (χ2n) is 4.68. The van der Waals surface area contributed by atoms with E-state index in [0.29, 0.717) is 19.4 Å². The van der Waals surface area contributed by atoms with Crippen LogP contribution in [0.25, 0.3) is 0 Å². The molecule has 1 fully saturated rings. The van der Waals surface area contributed by atoms with Crippen LogP contribution in [0.4, 0.5) is 0 Å². The summed E-state index contributed by atoms with van der Waals surface area (Å²) >= 11 is 0. The van der Waals surface area contributed by atoms with Crippen molar-refractivity contribution in [2.24, 2.45) is 0 Å². The molecule has 4 heteroatoms. The largest absolute Gasteiger partial charge is 0.468 e. The molecular formula is C14H19NO3. The number of ether oxygens (including phenoxy) is 2. The molecule has 2 rings (SSSR count). The third-order valence-electron chi connectivity index (χ3n) is 3.54. The van der Waals surface area contributed by atoms with Gasteiger partial charge in [-0.3, -0.25) is 10.1 Å². The summed E-state index contributed by atoms with van der Waals surface area (Å²) in [5.41, 5.74) is 0.576. The molecule has 1 aliphatic rings. The average molecular weight is 249 g/mol. The smallest absolute Gasteiger partial charge is 0.326 e. The summed E-state index contributed by atoms with van der Waals surface area (Å²) in [6.07, 6.45) is 1.49. The standard InChI is InChI=1S/C14H19NO3/c1-17-12-8-14(9-12,13(16)18-2)15-10-11-6-4-3-5-7-11/h3-7,12,15H,8-10H2,1-2H3. The molecule has 0 atom stereocenters. The molecule has 0 amide bonds. The molecule has 1 N–H and O–H groups in total. The second kappa shape index (κ2) is 5.50. The van der Waals surface area contributed by atoms with Gasteiger partial charge in [-0.2, -0.15) is 0 Å². The maximum Gasteiger partial charge on any atom is 0.326 e. The SMILES string of the molecule is COC(=O)C1(NCc2ccccc2)CC(OC)C1. The van der Waals surface area contributed by atoms with Crippen LogP contribution in [0.3, 0.4) is 0 Å². The Morgan fingerprint density at radius 2 is 2.00 bits per heavy atom. The Balaban J connectivity index is 1.97. The van der Waals surface area contributed by atoms with E-state index in [1.165, 1.54) is 7.11 Å². The second-order valence-corrected chi connectivity index (χ2v) is 4.68. The number of hydrogen-bond donors (Lipinski definition) is 1. The van der Waals surface area contributed by atoms with Gasteiger partial charge in [0.05, 0.1) is 13.2 Å². The van der Waals surface area contributed by atoms with E-state index in [9.17, 15) is 4.79 Å². The van der Waals surface area contributed by atoms with Gasteiger partial charge in [-0.15, -0.1) is 0 Å². The zero-order valence-corrected chi connectivity index (χ0v) is 10.8. The van der Waals surface area contributed by atoms with Crippen LogP contribution in [0, 0.1) is 0 Å². The Hall–Kier alpha value is -1.39. The van der Waals surface area contributed by atoms with Crippen LogP contribution < -0.4 is 5.32 Å². The van der Waals surface area contributed by atoms with Crippen molar-refractivity contribution < 1.29 is 14.3 Å². The van der Waals surface area contributed by atoms with Gasteiger partial charge in [-0.25, -0.2) is 0 Å². The maximum atomic E-state index is 11.9. The van der Waals surface area contributed by atoms with Gasteiger partial charge in [-0.1, -0.05) is 30.3 Å². The quantitative estimate of drug-likeness (QED) is 0.803. The number of methoxy groups -OCH3 is 2. The van der Waals surface area contributed by atoms with E-state index in [0.717, 1.165) is 5.56 Å². The van der Waals surface area contributed by atoms with Crippen LogP contribution >= 0.6 is 0 Å². The molecule has 1 aromatic rings. The van der Waals surface area contributed by atoms with Crippen LogP contribution in [0.15, 0.2) is 30.3 Å². The zero-order valence-electron chi connectivity index (χ0n) is 10.8. The summed E-state index contributed by atoms with van der Waals surface area (Å²) in [5.74, 6) is -0.202. The number of carbonyl (C=O) groups excluding carboxylic acids is 1. The third-order valence-corrected chi connectivity index (χ3v) is 3.54. The lowest BCUT2D eigenvalue weighted by atomic mass is 9.74. The minimum atomic E-state index is -0.578. The van der Waals surface area contributed by atoms with E-state index in [-0.39, 0.29) is 12.1 Å². The number of carbonyl (C=O) groups is 1. The highest BCUT2D eigenvalue weighted by molar-refractivity contribution is 5.82. The summed E-state index contributed by atoms with van der Waals surface area (Å²) in [7, 11) is 3.09. The average Bonchev–Trinajstić information content (AvgIpc) is 2.38. The molecule has 98 valence electrons. The molecular weight excluding hydrogens is 230 g/mol. The van der Waals surface area contributed by atoms with Crippen molar-refractivity contribution in [3.63, 3.8) is 0 Å². The van der Waals surface area contributed by atoms with Gasteiger partial charge in [0, 0.05) is 26.5 Å². The predicted octanol–water partition coefficient (Wildman–Crippen LogP) is 1.50. The van der Waals surface area contributed by atoms with Gasteiger partial charge in [0.15, 0.2) is 0 Å². The van der Waals surface area contributed by atoms with Gasteiger partial charge < -0.3 is 9.47 Å². The molecule has 1 aromatic carbocycles. The Labute approximate surface area is 107 Å². The molecule has 0 bridgehead atoms. The van der Waals surface area contributed by atoms with Gasteiger partial charge >= 0.3 is 5.97 Å². The van der Waals surface area contributed by atoms with E-state index in [2.05, 4.69) is 5.32 Å². The number of hydrogen-bond acceptors (Lipinski definition) is 4. The van der Waals surface area contributed by atoms with Crippen molar-refractivity contribution in [3.05, 3.63) is 35.9 Å².